The number of aromatic amines is 1. The predicted octanol–water partition coefficient (Wildman–Crippen LogP) is 4.38. The molecule has 2 N–H and O–H groups in total. The number of H-pyrrole nitrogens is 1. The molecule has 2 aromatic heterocycles. The van der Waals surface area contributed by atoms with Crippen molar-refractivity contribution in [3.63, 3.8) is 0 Å². The summed E-state index contributed by atoms with van der Waals surface area (Å²) in [7, 11) is 0. The van der Waals surface area contributed by atoms with Gasteiger partial charge in [-0.25, -0.2) is 14.8 Å². The number of carbonyl (C=O) groups is 1. The largest absolute Gasteiger partial charge is 0.439 e. The van der Waals surface area contributed by atoms with Crippen LogP contribution in [-0.2, 0) is 23.3 Å². The first-order valence-corrected chi connectivity index (χ1v) is 11.6. The molecule has 3 aromatic rings. The molecule has 1 aromatic carbocycles. The van der Waals surface area contributed by atoms with Crippen LogP contribution < -0.4 is 15.0 Å². The van der Waals surface area contributed by atoms with Crippen LogP contribution in [0.25, 0.3) is 0 Å². The Kier molecular flexibility index (Phi) is 4.21. The summed E-state index contributed by atoms with van der Waals surface area (Å²) >= 11 is 1.82. The summed E-state index contributed by atoms with van der Waals surface area (Å²) in [5.41, 5.74) is 5.39. The van der Waals surface area contributed by atoms with E-state index in [2.05, 4.69) is 32.4 Å². The smallest absolute Gasteiger partial charge is 0.327 e. The number of aromatic nitrogens is 4. The van der Waals surface area contributed by atoms with E-state index in [9.17, 15) is 4.79 Å². The number of carbonyl (C=O) groups excluding carboxylic acids is 1. The summed E-state index contributed by atoms with van der Waals surface area (Å²) in [4.78, 5) is 23.3. The van der Waals surface area contributed by atoms with Crippen LogP contribution >= 0.6 is 11.8 Å². The van der Waals surface area contributed by atoms with Crippen molar-refractivity contribution >= 4 is 29.3 Å². The molecule has 0 bridgehead atoms. The maximum atomic E-state index is 12.9. The topological polar surface area (TPSA) is 96.0 Å². The molecular weight excluding hydrogens is 412 g/mol. The Morgan fingerprint density at radius 1 is 1.26 bits per heavy atom. The Bertz CT molecular complexity index is 1190. The zero-order valence-corrected chi connectivity index (χ0v) is 18.0. The molecule has 0 spiro atoms. The molecule has 2 aliphatic heterocycles. The lowest BCUT2D eigenvalue weighted by molar-refractivity contribution is 0.257. The minimum absolute atomic E-state index is 0.169. The average molecular weight is 435 g/mol. The van der Waals surface area contributed by atoms with Crippen LogP contribution in [0.3, 0.4) is 0 Å². The van der Waals surface area contributed by atoms with Gasteiger partial charge >= 0.3 is 6.03 Å². The summed E-state index contributed by atoms with van der Waals surface area (Å²) in [5, 5.41) is 10.2. The predicted molar refractivity (Wildman–Crippen MR) is 119 cm³/mol. The summed E-state index contributed by atoms with van der Waals surface area (Å²) in [6, 6.07) is 7.60. The minimum Gasteiger partial charge on any atom is -0.439 e. The molecule has 0 saturated heterocycles. The van der Waals surface area contributed by atoms with Gasteiger partial charge in [-0.05, 0) is 43.0 Å². The van der Waals surface area contributed by atoms with Crippen molar-refractivity contribution in [1.29, 1.82) is 0 Å². The van der Waals surface area contributed by atoms with Crippen LogP contribution in [0.5, 0.6) is 11.6 Å². The fourth-order valence-corrected chi connectivity index (χ4v) is 5.17. The number of nitrogens with zero attached hydrogens (tertiary/aromatic N) is 4. The first-order chi connectivity index (χ1) is 15.1. The number of hydrogen-bond donors (Lipinski definition) is 2. The van der Waals surface area contributed by atoms with Crippen molar-refractivity contribution < 1.29 is 9.53 Å². The van der Waals surface area contributed by atoms with Gasteiger partial charge in [0.15, 0.2) is 5.82 Å². The first kappa shape index (κ1) is 18.7. The van der Waals surface area contributed by atoms with Crippen LogP contribution in [0.1, 0.15) is 42.3 Å². The number of anilines is 2. The summed E-state index contributed by atoms with van der Waals surface area (Å²) in [6.45, 7) is 2.83. The molecule has 6 rings (SSSR count). The highest BCUT2D eigenvalue weighted by Gasteiger charge is 2.41. The molecule has 1 aliphatic carbocycles. The fourth-order valence-electron chi connectivity index (χ4n) is 4.13. The highest BCUT2D eigenvalue weighted by atomic mass is 32.2. The number of ether oxygens (including phenoxy) is 1. The van der Waals surface area contributed by atoms with E-state index in [1.54, 1.807) is 11.2 Å². The highest BCUT2D eigenvalue weighted by molar-refractivity contribution is 7.98. The van der Waals surface area contributed by atoms with E-state index < -0.39 is 0 Å². The average Bonchev–Trinajstić information content (AvgIpc) is 3.18. The van der Waals surface area contributed by atoms with E-state index in [4.69, 9.17) is 4.74 Å². The van der Waals surface area contributed by atoms with Crippen molar-refractivity contribution in [3.05, 3.63) is 53.1 Å². The molecule has 158 valence electrons. The van der Waals surface area contributed by atoms with Crippen LogP contribution in [0.4, 0.5) is 16.3 Å². The molecule has 9 heteroatoms. The van der Waals surface area contributed by atoms with Gasteiger partial charge in [0.1, 0.15) is 12.1 Å². The minimum atomic E-state index is -0.169. The third kappa shape index (κ3) is 3.33. The third-order valence-electron chi connectivity index (χ3n) is 6.35. The summed E-state index contributed by atoms with van der Waals surface area (Å²) in [6.07, 6.45) is 4.65. The first-order valence-electron chi connectivity index (χ1n) is 10.4. The SMILES string of the molecule is CC1(c2cc(NC(=O)N3CCc4cc(Oc5ncnc6c5CSC6)ccc43)n[nH]2)CC1. The van der Waals surface area contributed by atoms with Crippen LogP contribution in [0.2, 0.25) is 0 Å². The standard InChI is InChI=1S/C22H22N6O2S/c1-22(5-6-22)18-9-19(27-26-18)25-21(29)28-7-4-13-8-14(2-3-17(13)28)30-20-15-10-31-11-16(15)23-12-24-20/h2-3,8-9,12H,4-7,10-11H2,1H3,(H2,25,26,27,29). The number of urea groups is 1. The van der Waals surface area contributed by atoms with Crippen molar-refractivity contribution in [1.82, 2.24) is 20.2 Å². The van der Waals surface area contributed by atoms with Gasteiger partial charge in [-0.15, -0.1) is 0 Å². The zero-order chi connectivity index (χ0) is 21.0. The molecule has 1 saturated carbocycles. The molecule has 2 amide bonds. The van der Waals surface area contributed by atoms with Gasteiger partial charge in [0, 0.05) is 46.5 Å². The molecule has 0 radical (unpaired) electrons. The Hall–Kier alpha value is -3.07. The summed E-state index contributed by atoms with van der Waals surface area (Å²) in [5.74, 6) is 3.70. The number of nitrogens with one attached hydrogen (secondary N) is 2. The lowest BCUT2D eigenvalue weighted by atomic mass is 10.1. The van der Waals surface area contributed by atoms with E-state index in [1.807, 2.05) is 36.0 Å². The second-order valence-corrected chi connectivity index (χ2v) is 9.53. The maximum Gasteiger partial charge on any atom is 0.327 e. The van der Waals surface area contributed by atoms with Gasteiger partial charge in [0.25, 0.3) is 0 Å². The second-order valence-electron chi connectivity index (χ2n) is 8.55. The summed E-state index contributed by atoms with van der Waals surface area (Å²) < 4.78 is 6.08. The van der Waals surface area contributed by atoms with Gasteiger partial charge in [0.05, 0.1) is 5.69 Å². The molecule has 0 unspecified atom stereocenters. The van der Waals surface area contributed by atoms with Crippen LogP contribution in [0.15, 0.2) is 30.6 Å². The number of hydrogen-bond acceptors (Lipinski definition) is 6. The Labute approximate surface area is 183 Å². The normalized spacial score (nSPS) is 17.9. The second kappa shape index (κ2) is 6.98. The van der Waals surface area contributed by atoms with Gasteiger partial charge in [-0.2, -0.15) is 16.9 Å². The van der Waals surface area contributed by atoms with Gasteiger partial charge in [-0.3, -0.25) is 15.3 Å². The Balaban J connectivity index is 1.17. The highest BCUT2D eigenvalue weighted by Crippen LogP contribution is 2.47. The van der Waals surface area contributed by atoms with Crippen molar-refractivity contribution in [2.75, 3.05) is 16.8 Å². The van der Waals surface area contributed by atoms with E-state index in [1.165, 1.54) is 0 Å². The molecule has 3 aliphatic rings. The van der Waals surface area contributed by atoms with E-state index in [-0.39, 0.29) is 11.4 Å². The lowest BCUT2D eigenvalue weighted by Crippen LogP contribution is -2.33. The number of fused-ring (bicyclic) bond motifs is 2. The van der Waals surface area contributed by atoms with Crippen molar-refractivity contribution in [3.8, 4) is 11.6 Å². The molecule has 8 nitrogen and oxygen atoms in total. The molecule has 31 heavy (non-hydrogen) atoms. The van der Waals surface area contributed by atoms with E-state index >= 15 is 0 Å². The molecule has 4 heterocycles. The Morgan fingerprint density at radius 3 is 3.03 bits per heavy atom. The molecular formula is C22H22N6O2S. The maximum absolute atomic E-state index is 12.9. The van der Waals surface area contributed by atoms with Crippen molar-refractivity contribution in [2.24, 2.45) is 0 Å². The van der Waals surface area contributed by atoms with Gasteiger partial charge < -0.3 is 4.74 Å². The van der Waals surface area contributed by atoms with Gasteiger partial charge in [0.2, 0.25) is 5.88 Å². The fraction of sp³-hybridized carbons (Fsp3) is 0.364. The van der Waals surface area contributed by atoms with E-state index in [0.717, 1.165) is 64.7 Å². The molecule has 1 fully saturated rings. The zero-order valence-electron chi connectivity index (χ0n) is 17.1. The van der Waals surface area contributed by atoms with Crippen molar-refractivity contribution in [2.45, 2.75) is 43.1 Å². The lowest BCUT2D eigenvalue weighted by Gasteiger charge is -2.17. The molecule has 0 atom stereocenters. The third-order valence-corrected chi connectivity index (χ3v) is 7.32. The van der Waals surface area contributed by atoms with Crippen LogP contribution in [-0.4, -0.2) is 32.7 Å². The number of rotatable bonds is 4. The van der Waals surface area contributed by atoms with Crippen LogP contribution in [0, 0.1) is 0 Å². The van der Waals surface area contributed by atoms with Gasteiger partial charge in [-0.1, -0.05) is 6.92 Å². The number of benzene rings is 1. The van der Waals surface area contributed by atoms with E-state index in [0.29, 0.717) is 18.2 Å². The number of thioether (sulfide) groups is 1. The Morgan fingerprint density at radius 2 is 2.16 bits per heavy atom. The quantitative estimate of drug-likeness (QED) is 0.632. The number of amides is 2. The monoisotopic (exact) mass is 434 g/mol.